The van der Waals surface area contributed by atoms with E-state index < -0.39 is 27.9 Å². The van der Waals surface area contributed by atoms with Crippen LogP contribution in [0.4, 0.5) is 29.7 Å². The Kier molecular flexibility index (Phi) is 8.70. The van der Waals surface area contributed by atoms with Crippen LogP contribution in [0.1, 0.15) is 31.2 Å². The summed E-state index contributed by atoms with van der Waals surface area (Å²) in [5.74, 6) is -0.224. The van der Waals surface area contributed by atoms with E-state index >= 15 is 0 Å². The number of pyridine rings is 1. The van der Waals surface area contributed by atoms with Gasteiger partial charge in [0.15, 0.2) is 0 Å². The minimum absolute atomic E-state index is 0.000393. The summed E-state index contributed by atoms with van der Waals surface area (Å²) in [5, 5.41) is 14.5. The first-order valence-corrected chi connectivity index (χ1v) is 15.2. The maximum Gasteiger partial charge on any atom is 0.418 e. The lowest BCUT2D eigenvalue weighted by molar-refractivity contribution is -0.136. The summed E-state index contributed by atoms with van der Waals surface area (Å²) in [6.45, 7) is 0. The molecule has 11 nitrogen and oxygen atoms in total. The molecule has 1 fully saturated rings. The fourth-order valence-corrected chi connectivity index (χ4v) is 6.58. The first-order chi connectivity index (χ1) is 20.8. The maximum atomic E-state index is 14.3. The molecular weight excluding hydrogens is 625 g/mol. The average molecular weight is 651 g/mol. The summed E-state index contributed by atoms with van der Waals surface area (Å²) in [6, 6.07) is 10.6. The van der Waals surface area contributed by atoms with Crippen LogP contribution in [0.25, 0.3) is 22.0 Å². The van der Waals surface area contributed by atoms with E-state index in [0.29, 0.717) is 25.7 Å². The summed E-state index contributed by atoms with van der Waals surface area (Å²) in [7, 11) is -2.86. The van der Waals surface area contributed by atoms with Crippen molar-refractivity contribution in [1.82, 2.24) is 20.3 Å². The Balaban J connectivity index is 1.44. The monoisotopic (exact) mass is 650 g/mol. The molecule has 0 atom stereocenters. The SMILES string of the molecule is COc1nc(NS(=O)(=O)c2ccccc2Cl)ccc1-c1cc(C(F)(F)F)c2nc(N[C@H]3CC[C@H](NC(=O)O)CC3)ncc2c1. The second-order valence-electron chi connectivity index (χ2n) is 10.1. The number of nitrogens with one attached hydrogen (secondary N) is 3. The molecule has 44 heavy (non-hydrogen) atoms. The van der Waals surface area contributed by atoms with Crippen molar-refractivity contribution in [2.45, 2.75) is 48.8 Å². The second kappa shape index (κ2) is 12.3. The molecule has 1 saturated carbocycles. The number of halogens is 4. The predicted octanol–water partition coefficient (Wildman–Crippen LogP) is 6.16. The highest BCUT2D eigenvalue weighted by molar-refractivity contribution is 7.92. The first kappa shape index (κ1) is 31.1. The number of aromatic nitrogens is 3. The van der Waals surface area contributed by atoms with Crippen molar-refractivity contribution in [3.8, 4) is 17.0 Å². The Morgan fingerprint density at radius 3 is 2.41 bits per heavy atom. The van der Waals surface area contributed by atoms with Gasteiger partial charge in [0.2, 0.25) is 11.8 Å². The molecule has 1 aliphatic rings. The number of nitrogens with zero attached hydrogens (tertiary/aromatic N) is 3. The molecule has 232 valence electrons. The summed E-state index contributed by atoms with van der Waals surface area (Å²) in [4.78, 5) is 23.3. The zero-order valence-electron chi connectivity index (χ0n) is 23.0. The number of sulfonamides is 1. The van der Waals surface area contributed by atoms with Gasteiger partial charge in [-0.3, -0.25) is 4.72 Å². The number of amides is 1. The van der Waals surface area contributed by atoms with E-state index in [1.807, 2.05) is 0 Å². The molecule has 2 aromatic carbocycles. The number of benzene rings is 2. The van der Waals surface area contributed by atoms with Crippen LogP contribution < -0.4 is 20.1 Å². The van der Waals surface area contributed by atoms with Gasteiger partial charge in [-0.05, 0) is 67.6 Å². The smallest absolute Gasteiger partial charge is 0.418 e. The van der Waals surface area contributed by atoms with Gasteiger partial charge in [0.25, 0.3) is 10.0 Å². The van der Waals surface area contributed by atoms with E-state index in [-0.39, 0.29) is 61.7 Å². The van der Waals surface area contributed by atoms with Crippen molar-refractivity contribution < 1.29 is 36.2 Å². The number of carboxylic acid groups (broad SMARTS) is 1. The van der Waals surface area contributed by atoms with Gasteiger partial charge in [-0.15, -0.1) is 0 Å². The van der Waals surface area contributed by atoms with Gasteiger partial charge in [0, 0.05) is 29.2 Å². The molecule has 0 saturated heterocycles. The summed E-state index contributed by atoms with van der Waals surface area (Å²) >= 11 is 6.03. The minimum atomic E-state index is -4.77. The standard InChI is InChI=1S/C28H26ClF3N6O5S/c1-43-25-19(10-11-23(36-25)38-44(41,42)22-5-3-2-4-21(22)29)15-12-16-14-33-26(37-24(16)20(13-15)28(30,31)32)34-17-6-8-18(9-7-17)35-27(39)40/h2-5,10-14,17-18,35H,6-9H2,1H3,(H,36,38)(H,39,40)(H,33,34,37)/t17-,18-. The number of carbonyl (C=O) groups is 1. The largest absolute Gasteiger partial charge is 0.480 e. The molecule has 1 amide bonds. The summed E-state index contributed by atoms with van der Waals surface area (Å²) < 4.78 is 76.2. The molecule has 1 aliphatic carbocycles. The molecule has 2 aromatic heterocycles. The Bertz CT molecular complexity index is 1820. The third kappa shape index (κ3) is 6.89. The van der Waals surface area contributed by atoms with E-state index in [1.165, 1.54) is 49.7 Å². The van der Waals surface area contributed by atoms with Gasteiger partial charge in [-0.1, -0.05) is 23.7 Å². The van der Waals surface area contributed by atoms with Crippen LogP contribution in [-0.4, -0.2) is 53.8 Å². The number of fused-ring (bicyclic) bond motifs is 1. The third-order valence-corrected chi connectivity index (χ3v) is 8.96. The average Bonchev–Trinajstić information content (AvgIpc) is 2.96. The maximum absolute atomic E-state index is 14.3. The Hall–Kier alpha value is -4.37. The fraction of sp³-hybridized carbons (Fsp3) is 0.286. The Labute approximate surface area is 254 Å². The zero-order chi connectivity index (χ0) is 31.6. The van der Waals surface area contributed by atoms with Crippen LogP contribution in [0.2, 0.25) is 5.02 Å². The Morgan fingerprint density at radius 1 is 1.05 bits per heavy atom. The van der Waals surface area contributed by atoms with E-state index in [2.05, 4.69) is 30.3 Å². The second-order valence-corrected chi connectivity index (χ2v) is 12.1. The number of hydrogen-bond donors (Lipinski definition) is 4. The Morgan fingerprint density at radius 2 is 1.75 bits per heavy atom. The van der Waals surface area contributed by atoms with Crippen molar-refractivity contribution in [1.29, 1.82) is 0 Å². The highest BCUT2D eigenvalue weighted by Gasteiger charge is 2.35. The molecule has 16 heteroatoms. The highest BCUT2D eigenvalue weighted by Crippen LogP contribution is 2.40. The number of alkyl halides is 3. The minimum Gasteiger partial charge on any atom is -0.480 e. The van der Waals surface area contributed by atoms with Crippen LogP contribution in [0.3, 0.4) is 0 Å². The topological polar surface area (TPSA) is 155 Å². The number of rotatable bonds is 8. The molecule has 0 aliphatic heterocycles. The van der Waals surface area contributed by atoms with E-state index in [0.717, 1.165) is 6.07 Å². The molecular formula is C28H26ClF3N6O5S. The van der Waals surface area contributed by atoms with Crippen LogP contribution >= 0.6 is 11.6 Å². The molecule has 0 spiro atoms. The fourth-order valence-electron chi connectivity index (χ4n) is 5.05. The molecule has 4 N–H and O–H groups in total. The van der Waals surface area contributed by atoms with Crippen molar-refractivity contribution in [3.05, 3.63) is 65.3 Å². The number of hydrogen-bond acceptors (Lipinski definition) is 8. The van der Waals surface area contributed by atoms with Crippen LogP contribution in [0, 0.1) is 0 Å². The lowest BCUT2D eigenvalue weighted by atomic mass is 9.91. The van der Waals surface area contributed by atoms with E-state index in [1.54, 1.807) is 6.07 Å². The lowest BCUT2D eigenvalue weighted by Gasteiger charge is -2.29. The quantitative estimate of drug-likeness (QED) is 0.175. The molecule has 0 unspecified atom stereocenters. The zero-order valence-corrected chi connectivity index (χ0v) is 24.6. The molecule has 4 aromatic rings. The van der Waals surface area contributed by atoms with Gasteiger partial charge < -0.3 is 20.5 Å². The van der Waals surface area contributed by atoms with Gasteiger partial charge in [0.1, 0.15) is 10.7 Å². The summed E-state index contributed by atoms with van der Waals surface area (Å²) in [5.41, 5.74) is -1.04. The summed E-state index contributed by atoms with van der Waals surface area (Å²) in [6.07, 6.45) is -2.25. The van der Waals surface area contributed by atoms with Crippen LogP contribution in [0.15, 0.2) is 59.6 Å². The molecule has 0 radical (unpaired) electrons. The normalized spacial score (nSPS) is 17.2. The number of ether oxygens (including phenoxy) is 1. The highest BCUT2D eigenvalue weighted by atomic mass is 35.5. The number of anilines is 2. The van der Waals surface area contributed by atoms with E-state index in [4.69, 9.17) is 21.4 Å². The van der Waals surface area contributed by atoms with Crippen molar-refractivity contribution in [3.63, 3.8) is 0 Å². The van der Waals surface area contributed by atoms with Crippen LogP contribution in [-0.2, 0) is 16.2 Å². The van der Waals surface area contributed by atoms with Crippen molar-refractivity contribution in [2.24, 2.45) is 0 Å². The number of methoxy groups -OCH3 is 1. The third-order valence-electron chi connectivity index (χ3n) is 7.11. The molecule has 5 rings (SSSR count). The molecule has 0 bridgehead atoms. The van der Waals surface area contributed by atoms with Crippen LogP contribution in [0.5, 0.6) is 5.88 Å². The van der Waals surface area contributed by atoms with Gasteiger partial charge in [0.05, 0.1) is 23.2 Å². The van der Waals surface area contributed by atoms with Gasteiger partial charge >= 0.3 is 12.3 Å². The van der Waals surface area contributed by atoms with Gasteiger partial charge in [-0.25, -0.2) is 23.2 Å². The van der Waals surface area contributed by atoms with Crippen molar-refractivity contribution in [2.75, 3.05) is 17.1 Å². The van der Waals surface area contributed by atoms with E-state index in [9.17, 15) is 26.4 Å². The predicted molar refractivity (Wildman–Crippen MR) is 157 cm³/mol. The first-order valence-electron chi connectivity index (χ1n) is 13.3. The lowest BCUT2D eigenvalue weighted by Crippen LogP contribution is -2.39. The van der Waals surface area contributed by atoms with Crippen molar-refractivity contribution >= 4 is 50.4 Å². The van der Waals surface area contributed by atoms with Gasteiger partial charge in [-0.2, -0.15) is 18.2 Å². The molecule has 2 heterocycles.